The van der Waals surface area contributed by atoms with Crippen molar-refractivity contribution in [1.29, 1.82) is 0 Å². The molecule has 0 aliphatic rings. The third-order valence-electron chi connectivity index (χ3n) is 2.09. The second-order valence-corrected chi connectivity index (χ2v) is 4.84. The standard InChI is InChI=1S/C10H10ClN5OS/c1-2-7-15-16-10(18-7)14-9(17)6-3-5(12)4-13-8(6)11/h3-4H,2,12H2,1H3,(H,14,16,17). The summed E-state index contributed by atoms with van der Waals surface area (Å²) in [7, 11) is 0. The molecule has 0 atom stereocenters. The Morgan fingerprint density at radius 1 is 1.56 bits per heavy atom. The summed E-state index contributed by atoms with van der Waals surface area (Å²) in [6.45, 7) is 1.96. The number of hydrogen-bond acceptors (Lipinski definition) is 6. The van der Waals surface area contributed by atoms with Crippen LogP contribution in [0.5, 0.6) is 0 Å². The number of nitrogens with two attached hydrogens (primary N) is 1. The Bertz CT molecular complexity index is 585. The highest BCUT2D eigenvalue weighted by Gasteiger charge is 2.14. The smallest absolute Gasteiger partial charge is 0.260 e. The summed E-state index contributed by atoms with van der Waals surface area (Å²) in [5, 5.41) is 11.7. The number of nitrogen functional groups attached to an aromatic ring is 1. The zero-order valence-corrected chi connectivity index (χ0v) is 11.0. The number of carbonyl (C=O) groups is 1. The minimum absolute atomic E-state index is 0.0990. The van der Waals surface area contributed by atoms with Gasteiger partial charge in [-0.2, -0.15) is 0 Å². The summed E-state index contributed by atoms with van der Waals surface area (Å²) in [5.41, 5.74) is 6.14. The number of hydrogen-bond donors (Lipinski definition) is 2. The molecular weight excluding hydrogens is 274 g/mol. The van der Waals surface area contributed by atoms with Gasteiger partial charge in [-0.05, 0) is 12.5 Å². The molecule has 0 aliphatic heterocycles. The fraction of sp³-hybridized carbons (Fsp3) is 0.200. The molecule has 94 valence electrons. The molecule has 0 saturated heterocycles. The molecule has 1 amide bonds. The van der Waals surface area contributed by atoms with E-state index in [9.17, 15) is 4.79 Å². The lowest BCUT2D eigenvalue weighted by Gasteiger charge is -2.03. The minimum atomic E-state index is -0.404. The van der Waals surface area contributed by atoms with Crippen molar-refractivity contribution in [2.45, 2.75) is 13.3 Å². The van der Waals surface area contributed by atoms with E-state index in [1.54, 1.807) is 0 Å². The minimum Gasteiger partial charge on any atom is -0.397 e. The van der Waals surface area contributed by atoms with Gasteiger partial charge in [0.15, 0.2) is 0 Å². The predicted octanol–water partition coefficient (Wildman–Crippen LogP) is 1.98. The van der Waals surface area contributed by atoms with Gasteiger partial charge in [0.2, 0.25) is 5.13 Å². The van der Waals surface area contributed by atoms with Gasteiger partial charge in [0.1, 0.15) is 10.2 Å². The molecule has 0 aliphatic carbocycles. The van der Waals surface area contributed by atoms with E-state index in [0.717, 1.165) is 11.4 Å². The van der Waals surface area contributed by atoms with Gasteiger partial charge < -0.3 is 5.73 Å². The van der Waals surface area contributed by atoms with Crippen molar-refractivity contribution in [2.24, 2.45) is 0 Å². The van der Waals surface area contributed by atoms with Crippen molar-refractivity contribution in [1.82, 2.24) is 15.2 Å². The first kappa shape index (κ1) is 12.7. The first-order chi connectivity index (χ1) is 8.60. The van der Waals surface area contributed by atoms with Gasteiger partial charge in [0, 0.05) is 0 Å². The number of aromatic nitrogens is 3. The molecule has 2 heterocycles. The highest BCUT2D eigenvalue weighted by atomic mass is 35.5. The fourth-order valence-corrected chi connectivity index (χ4v) is 2.10. The van der Waals surface area contributed by atoms with E-state index in [1.165, 1.54) is 23.6 Å². The number of carbonyl (C=O) groups excluding carboxylic acids is 1. The van der Waals surface area contributed by atoms with Gasteiger partial charge >= 0.3 is 0 Å². The van der Waals surface area contributed by atoms with Crippen LogP contribution in [0.15, 0.2) is 12.3 Å². The zero-order chi connectivity index (χ0) is 13.1. The van der Waals surface area contributed by atoms with E-state index < -0.39 is 5.91 Å². The topological polar surface area (TPSA) is 93.8 Å². The lowest BCUT2D eigenvalue weighted by atomic mass is 10.2. The third-order valence-corrected chi connectivity index (χ3v) is 3.38. The van der Waals surface area contributed by atoms with Crippen LogP contribution in [-0.2, 0) is 6.42 Å². The Labute approximate surface area is 112 Å². The summed E-state index contributed by atoms with van der Waals surface area (Å²) < 4.78 is 0. The zero-order valence-electron chi connectivity index (χ0n) is 9.48. The summed E-state index contributed by atoms with van der Waals surface area (Å²) in [6, 6.07) is 1.46. The Kier molecular flexibility index (Phi) is 3.73. The lowest BCUT2D eigenvalue weighted by molar-refractivity contribution is 0.102. The van der Waals surface area contributed by atoms with Crippen LogP contribution in [0.25, 0.3) is 0 Å². The number of anilines is 2. The number of halogens is 1. The highest BCUT2D eigenvalue weighted by molar-refractivity contribution is 7.15. The van der Waals surface area contributed by atoms with Crippen LogP contribution >= 0.6 is 22.9 Å². The molecule has 0 unspecified atom stereocenters. The van der Waals surface area contributed by atoms with Gasteiger partial charge in [-0.1, -0.05) is 29.9 Å². The van der Waals surface area contributed by atoms with Gasteiger partial charge in [0.25, 0.3) is 5.91 Å². The summed E-state index contributed by atoms with van der Waals surface area (Å²) in [4.78, 5) is 15.7. The Morgan fingerprint density at radius 3 is 3.00 bits per heavy atom. The van der Waals surface area contributed by atoms with Gasteiger partial charge in [0.05, 0.1) is 17.4 Å². The summed E-state index contributed by atoms with van der Waals surface area (Å²) in [6.07, 6.45) is 2.16. The molecule has 0 fully saturated rings. The molecule has 0 spiro atoms. The molecule has 0 saturated carbocycles. The monoisotopic (exact) mass is 283 g/mol. The van der Waals surface area contributed by atoms with Crippen molar-refractivity contribution in [2.75, 3.05) is 11.1 Å². The molecule has 2 aromatic heterocycles. The van der Waals surface area contributed by atoms with Gasteiger partial charge in [-0.25, -0.2) is 4.98 Å². The van der Waals surface area contributed by atoms with Crippen molar-refractivity contribution < 1.29 is 4.79 Å². The average molecular weight is 284 g/mol. The number of pyridine rings is 1. The largest absolute Gasteiger partial charge is 0.397 e. The van der Waals surface area contributed by atoms with Crippen molar-refractivity contribution in [3.8, 4) is 0 Å². The van der Waals surface area contributed by atoms with E-state index in [-0.39, 0.29) is 10.7 Å². The average Bonchev–Trinajstić information content (AvgIpc) is 2.80. The quantitative estimate of drug-likeness (QED) is 0.840. The summed E-state index contributed by atoms with van der Waals surface area (Å²) >= 11 is 7.15. The van der Waals surface area contributed by atoms with Crippen LogP contribution in [0.4, 0.5) is 10.8 Å². The van der Waals surface area contributed by atoms with Crippen LogP contribution in [0, 0.1) is 0 Å². The first-order valence-corrected chi connectivity index (χ1v) is 6.34. The maximum Gasteiger partial charge on any atom is 0.260 e. The number of amides is 1. The molecule has 6 nitrogen and oxygen atoms in total. The fourth-order valence-electron chi connectivity index (χ4n) is 1.23. The van der Waals surface area contributed by atoms with Crippen LogP contribution in [-0.4, -0.2) is 21.1 Å². The van der Waals surface area contributed by atoms with E-state index in [0.29, 0.717) is 10.8 Å². The molecule has 0 radical (unpaired) electrons. The number of aryl methyl sites for hydroxylation is 1. The van der Waals surface area contributed by atoms with E-state index in [4.69, 9.17) is 17.3 Å². The lowest BCUT2D eigenvalue weighted by Crippen LogP contribution is -2.13. The molecule has 0 aromatic carbocycles. The maximum atomic E-state index is 11.9. The molecular formula is C10H10ClN5OS. The van der Waals surface area contributed by atoms with Gasteiger partial charge in [-0.15, -0.1) is 10.2 Å². The highest BCUT2D eigenvalue weighted by Crippen LogP contribution is 2.20. The molecule has 18 heavy (non-hydrogen) atoms. The van der Waals surface area contributed by atoms with Gasteiger partial charge in [-0.3, -0.25) is 10.1 Å². The Morgan fingerprint density at radius 2 is 2.33 bits per heavy atom. The first-order valence-electron chi connectivity index (χ1n) is 5.15. The Hall–Kier alpha value is -1.73. The molecule has 0 bridgehead atoms. The van der Waals surface area contributed by atoms with Crippen molar-refractivity contribution in [3.63, 3.8) is 0 Å². The number of nitrogens with one attached hydrogen (secondary N) is 1. The predicted molar refractivity (Wildman–Crippen MR) is 70.9 cm³/mol. The Balaban J connectivity index is 2.19. The van der Waals surface area contributed by atoms with Crippen LogP contribution < -0.4 is 11.1 Å². The van der Waals surface area contributed by atoms with E-state index in [1.807, 2.05) is 6.92 Å². The van der Waals surface area contributed by atoms with Crippen LogP contribution in [0.1, 0.15) is 22.3 Å². The van der Waals surface area contributed by atoms with E-state index in [2.05, 4.69) is 20.5 Å². The van der Waals surface area contributed by atoms with Crippen molar-refractivity contribution in [3.05, 3.63) is 28.0 Å². The summed E-state index contributed by atoms with van der Waals surface area (Å²) in [5.74, 6) is -0.404. The van der Waals surface area contributed by atoms with Crippen molar-refractivity contribution >= 4 is 39.7 Å². The second-order valence-electron chi connectivity index (χ2n) is 3.42. The van der Waals surface area contributed by atoms with Crippen LogP contribution in [0.2, 0.25) is 5.15 Å². The normalized spacial score (nSPS) is 10.3. The second kappa shape index (κ2) is 5.28. The van der Waals surface area contributed by atoms with E-state index >= 15 is 0 Å². The molecule has 3 N–H and O–H groups in total. The SMILES string of the molecule is CCc1nnc(NC(=O)c2cc(N)cnc2Cl)s1. The molecule has 2 aromatic rings. The molecule has 2 rings (SSSR count). The number of rotatable bonds is 3. The number of nitrogens with zero attached hydrogens (tertiary/aromatic N) is 3. The maximum absolute atomic E-state index is 11.9. The third kappa shape index (κ3) is 2.74. The van der Waals surface area contributed by atoms with Crippen LogP contribution in [0.3, 0.4) is 0 Å². The molecule has 8 heteroatoms.